The Kier molecular flexibility index (Phi) is 4.01. The molecule has 3 rings (SSSR count). The van der Waals surface area contributed by atoms with E-state index in [1.807, 2.05) is 12.1 Å². The molecule has 1 aromatic carbocycles. The van der Waals surface area contributed by atoms with E-state index in [0.29, 0.717) is 21.6 Å². The average Bonchev–Trinajstić information content (AvgIpc) is 2.88. The Hall–Kier alpha value is -1.73. The van der Waals surface area contributed by atoms with Gasteiger partial charge >= 0.3 is 6.18 Å². The summed E-state index contributed by atoms with van der Waals surface area (Å²) in [4.78, 5) is 0. The molecule has 2 aromatic heterocycles. The maximum atomic E-state index is 12.8. The van der Waals surface area contributed by atoms with Crippen LogP contribution in [0.15, 0.2) is 47.8 Å². The third-order valence-electron chi connectivity index (χ3n) is 2.98. The van der Waals surface area contributed by atoms with Gasteiger partial charge in [0.25, 0.3) is 0 Å². The first-order valence-electron chi connectivity index (χ1n) is 6.23. The smallest absolute Gasteiger partial charge is 0.277 e. The third kappa shape index (κ3) is 3.20. The number of nitrogens with zero attached hydrogens (tertiary/aromatic N) is 3. The van der Waals surface area contributed by atoms with Gasteiger partial charge in [-0.3, -0.25) is 4.40 Å². The molecule has 22 heavy (non-hydrogen) atoms. The van der Waals surface area contributed by atoms with Crippen molar-refractivity contribution < 1.29 is 13.2 Å². The van der Waals surface area contributed by atoms with Crippen LogP contribution in [0.2, 0.25) is 5.02 Å². The van der Waals surface area contributed by atoms with Gasteiger partial charge < -0.3 is 0 Å². The minimum Gasteiger partial charge on any atom is -0.277 e. The first-order chi connectivity index (χ1) is 10.4. The average molecular weight is 344 g/mol. The molecular weight excluding hydrogens is 335 g/mol. The molecule has 0 aliphatic carbocycles. The number of alkyl halides is 3. The minimum atomic E-state index is -4.39. The van der Waals surface area contributed by atoms with Crippen LogP contribution in [0.1, 0.15) is 11.1 Å². The molecule has 0 N–H and O–H groups in total. The van der Waals surface area contributed by atoms with Gasteiger partial charge in [0.15, 0.2) is 10.8 Å². The molecule has 0 unspecified atom stereocenters. The molecule has 0 amide bonds. The Bertz CT molecular complexity index is 799. The molecule has 114 valence electrons. The molecule has 0 radical (unpaired) electrons. The van der Waals surface area contributed by atoms with Crippen molar-refractivity contribution in [1.29, 1.82) is 0 Å². The summed E-state index contributed by atoms with van der Waals surface area (Å²) in [5.41, 5.74) is 0.651. The maximum Gasteiger partial charge on any atom is 0.417 e. The zero-order valence-corrected chi connectivity index (χ0v) is 12.6. The molecule has 0 atom stereocenters. The quantitative estimate of drug-likeness (QED) is 0.646. The van der Waals surface area contributed by atoms with Crippen LogP contribution in [0, 0.1) is 0 Å². The van der Waals surface area contributed by atoms with Crippen LogP contribution in [0.25, 0.3) is 5.65 Å². The highest BCUT2D eigenvalue weighted by Crippen LogP contribution is 2.30. The molecule has 3 nitrogen and oxygen atoms in total. The van der Waals surface area contributed by atoms with Crippen molar-refractivity contribution in [1.82, 2.24) is 14.6 Å². The molecule has 0 aliphatic rings. The summed E-state index contributed by atoms with van der Waals surface area (Å²) in [5.74, 6) is 0.564. The zero-order valence-electron chi connectivity index (χ0n) is 11.0. The second-order valence-electron chi connectivity index (χ2n) is 4.54. The van der Waals surface area contributed by atoms with Gasteiger partial charge in [-0.25, -0.2) is 0 Å². The van der Waals surface area contributed by atoms with Gasteiger partial charge in [0.1, 0.15) is 0 Å². The minimum absolute atomic E-state index is 0.381. The maximum absolute atomic E-state index is 12.8. The van der Waals surface area contributed by atoms with Crippen molar-refractivity contribution in [2.45, 2.75) is 17.1 Å². The van der Waals surface area contributed by atoms with Crippen molar-refractivity contribution in [2.24, 2.45) is 0 Å². The van der Waals surface area contributed by atoms with Gasteiger partial charge in [0.2, 0.25) is 0 Å². The first-order valence-corrected chi connectivity index (χ1v) is 7.59. The SMILES string of the molecule is FC(F)(F)c1ccc2nnc(SCc3ccc(Cl)cc3)n2c1. The Morgan fingerprint density at radius 2 is 1.77 bits per heavy atom. The topological polar surface area (TPSA) is 30.2 Å². The van der Waals surface area contributed by atoms with E-state index >= 15 is 0 Å². The van der Waals surface area contributed by atoms with Gasteiger partial charge in [-0.1, -0.05) is 35.5 Å². The predicted octanol–water partition coefficient (Wildman–Crippen LogP) is 4.69. The number of thioether (sulfide) groups is 1. The molecule has 0 bridgehead atoms. The van der Waals surface area contributed by atoms with Crippen molar-refractivity contribution in [3.63, 3.8) is 0 Å². The standard InChI is InChI=1S/C14H9ClF3N3S/c15-11-4-1-9(2-5-11)8-22-13-20-19-12-6-3-10(7-21(12)13)14(16,17)18/h1-7H,8H2. The molecule has 0 spiro atoms. The van der Waals surface area contributed by atoms with Crippen molar-refractivity contribution in [3.8, 4) is 0 Å². The Labute approximate surface area is 133 Å². The number of hydrogen-bond acceptors (Lipinski definition) is 3. The largest absolute Gasteiger partial charge is 0.417 e. The van der Waals surface area contributed by atoms with Crippen LogP contribution in [0.3, 0.4) is 0 Å². The molecule has 8 heteroatoms. The van der Waals surface area contributed by atoms with Crippen LogP contribution in [-0.4, -0.2) is 14.6 Å². The van der Waals surface area contributed by atoms with Crippen LogP contribution < -0.4 is 0 Å². The second-order valence-corrected chi connectivity index (χ2v) is 5.92. The predicted molar refractivity (Wildman–Crippen MR) is 79.0 cm³/mol. The summed E-state index contributed by atoms with van der Waals surface area (Å²) >= 11 is 7.12. The highest BCUT2D eigenvalue weighted by molar-refractivity contribution is 7.98. The van der Waals surface area contributed by atoms with Crippen molar-refractivity contribution in [3.05, 3.63) is 58.7 Å². The van der Waals surface area contributed by atoms with E-state index in [1.165, 1.54) is 22.2 Å². The fourth-order valence-electron chi connectivity index (χ4n) is 1.86. The van der Waals surface area contributed by atoms with Crippen LogP contribution in [0.5, 0.6) is 0 Å². The molecular formula is C14H9ClF3N3S. The van der Waals surface area contributed by atoms with Gasteiger partial charge in [0.05, 0.1) is 5.56 Å². The Morgan fingerprint density at radius 1 is 1.05 bits per heavy atom. The number of fused-ring (bicyclic) bond motifs is 1. The summed E-state index contributed by atoms with van der Waals surface area (Å²) < 4.78 is 39.7. The monoisotopic (exact) mass is 343 g/mol. The van der Waals surface area contributed by atoms with Crippen LogP contribution in [0.4, 0.5) is 13.2 Å². The highest BCUT2D eigenvalue weighted by Gasteiger charge is 2.31. The van der Waals surface area contributed by atoms with E-state index in [9.17, 15) is 13.2 Å². The normalized spacial score (nSPS) is 12.0. The van der Waals surface area contributed by atoms with Gasteiger partial charge in [0, 0.05) is 17.0 Å². The lowest BCUT2D eigenvalue weighted by Crippen LogP contribution is -2.06. The Balaban J connectivity index is 1.85. The van der Waals surface area contributed by atoms with Crippen molar-refractivity contribution in [2.75, 3.05) is 0 Å². The van der Waals surface area contributed by atoms with Gasteiger partial charge in [-0.2, -0.15) is 13.2 Å². The van der Waals surface area contributed by atoms with E-state index in [4.69, 9.17) is 11.6 Å². The van der Waals surface area contributed by atoms with E-state index < -0.39 is 11.7 Å². The number of rotatable bonds is 3. The van der Waals surface area contributed by atoms with Crippen LogP contribution in [-0.2, 0) is 11.9 Å². The highest BCUT2D eigenvalue weighted by atomic mass is 35.5. The third-order valence-corrected chi connectivity index (χ3v) is 4.25. The Morgan fingerprint density at radius 3 is 2.45 bits per heavy atom. The summed E-state index contributed by atoms with van der Waals surface area (Å²) in [6.45, 7) is 0. The van der Waals surface area contributed by atoms with E-state index in [0.717, 1.165) is 17.8 Å². The molecule has 0 saturated heterocycles. The van der Waals surface area contributed by atoms with Crippen molar-refractivity contribution >= 4 is 29.0 Å². The van der Waals surface area contributed by atoms with Gasteiger partial charge in [-0.15, -0.1) is 10.2 Å². The van der Waals surface area contributed by atoms with E-state index in [2.05, 4.69) is 10.2 Å². The second kappa shape index (κ2) is 5.81. The molecule has 0 aliphatic heterocycles. The zero-order chi connectivity index (χ0) is 15.7. The molecule has 0 saturated carbocycles. The van der Waals surface area contributed by atoms with Gasteiger partial charge in [-0.05, 0) is 29.8 Å². The van der Waals surface area contributed by atoms with Crippen LogP contribution >= 0.6 is 23.4 Å². The summed E-state index contributed by atoms with van der Waals surface area (Å²) in [5, 5.41) is 8.85. The lowest BCUT2D eigenvalue weighted by Gasteiger charge is -2.07. The first kappa shape index (κ1) is 15.2. The lowest BCUT2D eigenvalue weighted by molar-refractivity contribution is -0.137. The number of benzene rings is 1. The lowest BCUT2D eigenvalue weighted by atomic mass is 10.2. The molecule has 0 fully saturated rings. The summed E-state index contributed by atoms with van der Waals surface area (Å²) in [7, 11) is 0. The fraction of sp³-hybridized carbons (Fsp3) is 0.143. The molecule has 3 aromatic rings. The molecule has 2 heterocycles. The van der Waals surface area contributed by atoms with E-state index in [1.54, 1.807) is 12.1 Å². The number of aromatic nitrogens is 3. The summed E-state index contributed by atoms with van der Waals surface area (Å²) in [6.07, 6.45) is -3.38. The number of halogens is 4. The number of pyridine rings is 1. The fourth-order valence-corrected chi connectivity index (χ4v) is 2.86. The van der Waals surface area contributed by atoms with E-state index in [-0.39, 0.29) is 0 Å². The number of hydrogen-bond donors (Lipinski definition) is 0. The summed E-state index contributed by atoms with van der Waals surface area (Å²) in [6, 6.07) is 9.56.